The molecule has 6 N–H and O–H groups in total. The first-order valence-corrected chi connectivity index (χ1v) is 23.4. The number of nitrogens with two attached hydrogens (primary N) is 2. The fraction of sp³-hybridized carbons (Fsp3) is 0.0678. The molecule has 2 unspecified atom stereocenters. The van der Waals surface area contributed by atoms with Gasteiger partial charge in [0.1, 0.15) is 35.1 Å². The van der Waals surface area contributed by atoms with Crippen LogP contribution in [0, 0.1) is 0 Å². The van der Waals surface area contributed by atoms with Crippen LogP contribution in [0.2, 0.25) is 0 Å². The molecule has 8 aromatic carbocycles. The molecule has 0 spiro atoms. The average molecular weight is 981 g/mol. The summed E-state index contributed by atoms with van der Waals surface area (Å²) in [7, 11) is 0. The van der Waals surface area contributed by atoms with Gasteiger partial charge in [0.05, 0.1) is 22.3 Å². The minimum absolute atomic E-state index is 0.00404. The summed E-state index contributed by atoms with van der Waals surface area (Å²) in [4.78, 5) is 101. The molecular weight excluding hydrogens is 937 g/mol. The van der Waals surface area contributed by atoms with Crippen LogP contribution < -0.4 is 31.6 Å². The van der Waals surface area contributed by atoms with Crippen molar-refractivity contribution >= 4 is 64.0 Å². The topological polar surface area (TPSA) is 221 Å². The molecule has 0 aromatic heterocycles. The van der Waals surface area contributed by atoms with Gasteiger partial charge in [0.2, 0.25) is 11.8 Å². The summed E-state index contributed by atoms with van der Waals surface area (Å²) < 4.78 is 11.8. The number of anilines is 4. The highest BCUT2D eigenvalue weighted by Gasteiger charge is 2.45. The Balaban J connectivity index is 0.866. The van der Waals surface area contributed by atoms with E-state index >= 15 is 0 Å². The molecule has 6 amide bonds. The van der Waals surface area contributed by atoms with Crippen molar-refractivity contribution in [2.75, 3.05) is 22.1 Å². The van der Waals surface area contributed by atoms with Gasteiger partial charge in [0, 0.05) is 58.9 Å². The Morgan fingerprint density at radius 3 is 1.16 bits per heavy atom. The zero-order valence-electron chi connectivity index (χ0n) is 39.3. The molecular formula is C59H44N6O9. The SMILES string of the molecule is Nc1cccc(Oc2ccc(NC(=O)C(Cc3ccccc3)N3C(=O)c4ccc(C(=O)c5ccc6c(c5)C(=O)N(C(Cc5ccccc5)C(=O)Nc5ccc(Oc7cccc(N)c7)cc5)C6=O)cc4C3=O)cc2)c1. The molecule has 0 bridgehead atoms. The molecule has 2 heterocycles. The second kappa shape index (κ2) is 20.3. The van der Waals surface area contributed by atoms with Crippen molar-refractivity contribution in [3.63, 3.8) is 0 Å². The first kappa shape index (κ1) is 47.5. The maximum atomic E-state index is 14.3. The van der Waals surface area contributed by atoms with Crippen molar-refractivity contribution in [1.29, 1.82) is 0 Å². The minimum atomic E-state index is -1.30. The normalized spacial score (nSPS) is 13.5. The van der Waals surface area contributed by atoms with Gasteiger partial charge in [-0.3, -0.25) is 43.4 Å². The van der Waals surface area contributed by atoms with Crippen LogP contribution in [0.15, 0.2) is 194 Å². The number of hydrogen-bond donors (Lipinski definition) is 4. The molecule has 0 saturated carbocycles. The summed E-state index contributed by atoms with van der Waals surface area (Å²) in [6.07, 6.45) is -0.0246. The molecule has 15 heteroatoms. The lowest BCUT2D eigenvalue weighted by molar-refractivity contribution is -0.120. The van der Waals surface area contributed by atoms with Gasteiger partial charge in [-0.2, -0.15) is 0 Å². The Labute approximate surface area is 423 Å². The molecule has 2 atom stereocenters. The predicted molar refractivity (Wildman–Crippen MR) is 277 cm³/mol. The fourth-order valence-corrected chi connectivity index (χ4v) is 8.90. The van der Waals surface area contributed by atoms with Crippen LogP contribution in [0.25, 0.3) is 0 Å². The number of ketones is 1. The van der Waals surface area contributed by atoms with Crippen molar-refractivity contribution in [3.05, 3.63) is 239 Å². The molecule has 8 aromatic rings. The van der Waals surface area contributed by atoms with Crippen LogP contribution in [0.1, 0.15) is 68.5 Å². The highest BCUT2D eigenvalue weighted by molar-refractivity contribution is 6.26. The molecule has 2 aliphatic rings. The average Bonchev–Trinajstić information content (AvgIpc) is 3.80. The van der Waals surface area contributed by atoms with E-state index in [2.05, 4.69) is 10.6 Å². The standard InChI is InChI=1S/C59H44N6O9/c60-39-13-7-15-45(33-39)73-43-23-19-41(20-24-43)62-54(67)51(29-35-9-3-1-4-10-35)64-56(69)47-27-17-37(31-49(47)58(64)71)53(66)38-18-28-48-50(32-38)59(72)65(57(48)70)52(30-36-11-5-2-6-12-36)55(68)63-42-21-25-44(26-22-42)74-46-16-8-14-40(61)34-46/h1-28,31-34,51-52H,29-30,60-61H2,(H,62,67)(H,63,68). The number of ether oxygens (including phenoxy) is 2. The van der Waals surface area contributed by atoms with Gasteiger partial charge in [-0.1, -0.05) is 84.9 Å². The first-order chi connectivity index (χ1) is 35.9. The number of nitrogens with one attached hydrogen (secondary N) is 2. The lowest BCUT2D eigenvalue weighted by Crippen LogP contribution is -2.48. The minimum Gasteiger partial charge on any atom is -0.457 e. The third-order valence-electron chi connectivity index (χ3n) is 12.6. The van der Waals surface area contributed by atoms with E-state index in [1.807, 2.05) is 12.1 Å². The van der Waals surface area contributed by atoms with Crippen LogP contribution in [0.3, 0.4) is 0 Å². The zero-order valence-corrected chi connectivity index (χ0v) is 39.3. The second-order valence-electron chi connectivity index (χ2n) is 17.6. The number of carbonyl (C=O) groups excluding carboxylic acids is 7. The van der Waals surface area contributed by atoms with Crippen molar-refractivity contribution in [3.8, 4) is 23.0 Å². The summed E-state index contributed by atoms with van der Waals surface area (Å²) in [6, 6.07) is 50.3. The van der Waals surface area contributed by atoms with Gasteiger partial charge in [-0.05, 0) is 108 Å². The van der Waals surface area contributed by atoms with E-state index in [1.165, 1.54) is 36.4 Å². The van der Waals surface area contributed by atoms with E-state index in [-0.39, 0.29) is 46.2 Å². The summed E-state index contributed by atoms with van der Waals surface area (Å²) in [5.41, 5.74) is 14.8. The van der Waals surface area contributed by atoms with Gasteiger partial charge in [0.25, 0.3) is 23.6 Å². The number of nitrogen functional groups attached to an aromatic ring is 2. The molecule has 0 saturated heterocycles. The van der Waals surface area contributed by atoms with E-state index in [0.29, 0.717) is 56.9 Å². The molecule has 74 heavy (non-hydrogen) atoms. The lowest BCUT2D eigenvalue weighted by Gasteiger charge is -2.25. The van der Waals surface area contributed by atoms with E-state index in [1.54, 1.807) is 146 Å². The largest absolute Gasteiger partial charge is 0.457 e. The summed E-state index contributed by atoms with van der Waals surface area (Å²) in [5, 5.41) is 5.67. The van der Waals surface area contributed by atoms with E-state index in [0.717, 1.165) is 9.80 Å². The Hall–Kier alpha value is -10.2. The highest BCUT2D eigenvalue weighted by Crippen LogP contribution is 2.33. The number of fused-ring (bicyclic) bond motifs is 2. The number of rotatable bonds is 16. The quantitative estimate of drug-likeness (QED) is 0.0406. The van der Waals surface area contributed by atoms with E-state index in [4.69, 9.17) is 20.9 Å². The van der Waals surface area contributed by atoms with Crippen LogP contribution in [-0.4, -0.2) is 63.1 Å². The molecule has 0 radical (unpaired) electrons. The zero-order chi connectivity index (χ0) is 51.5. The first-order valence-electron chi connectivity index (χ1n) is 23.4. The Morgan fingerprint density at radius 1 is 0.405 bits per heavy atom. The van der Waals surface area contributed by atoms with Gasteiger partial charge in [-0.25, -0.2) is 0 Å². The van der Waals surface area contributed by atoms with E-state index < -0.39 is 53.3 Å². The lowest BCUT2D eigenvalue weighted by atomic mass is 9.96. The van der Waals surface area contributed by atoms with Crippen LogP contribution in [-0.2, 0) is 22.4 Å². The van der Waals surface area contributed by atoms with E-state index in [9.17, 15) is 33.6 Å². The van der Waals surface area contributed by atoms with Crippen LogP contribution in [0.5, 0.6) is 23.0 Å². The maximum Gasteiger partial charge on any atom is 0.262 e. The predicted octanol–water partition coefficient (Wildman–Crippen LogP) is 9.36. The van der Waals surface area contributed by atoms with Crippen molar-refractivity contribution in [2.24, 2.45) is 0 Å². The Morgan fingerprint density at radius 2 is 0.784 bits per heavy atom. The van der Waals surface area contributed by atoms with Gasteiger partial charge in [-0.15, -0.1) is 0 Å². The monoisotopic (exact) mass is 980 g/mol. The molecule has 364 valence electrons. The van der Waals surface area contributed by atoms with Crippen LogP contribution in [0.4, 0.5) is 22.7 Å². The summed E-state index contributed by atoms with van der Waals surface area (Å²) in [5.74, 6) is -2.86. The third-order valence-corrected chi connectivity index (χ3v) is 12.6. The van der Waals surface area contributed by atoms with Gasteiger partial charge < -0.3 is 31.6 Å². The molecule has 0 fully saturated rings. The number of amides is 6. The number of hydrogen-bond acceptors (Lipinski definition) is 11. The van der Waals surface area contributed by atoms with Crippen LogP contribution >= 0.6 is 0 Å². The maximum absolute atomic E-state index is 14.3. The van der Waals surface area contributed by atoms with Gasteiger partial charge in [0.15, 0.2) is 5.78 Å². The summed E-state index contributed by atoms with van der Waals surface area (Å²) >= 11 is 0. The Kier molecular flexibility index (Phi) is 13.0. The number of imide groups is 2. The third kappa shape index (κ3) is 9.93. The summed E-state index contributed by atoms with van der Waals surface area (Å²) in [6.45, 7) is 0. The molecule has 0 aliphatic carbocycles. The number of carbonyl (C=O) groups is 7. The molecule has 15 nitrogen and oxygen atoms in total. The second-order valence-corrected chi connectivity index (χ2v) is 17.6. The fourth-order valence-electron chi connectivity index (χ4n) is 8.90. The Bertz CT molecular complexity index is 3300. The highest BCUT2D eigenvalue weighted by atomic mass is 16.5. The van der Waals surface area contributed by atoms with Crippen molar-refractivity contribution in [2.45, 2.75) is 24.9 Å². The number of nitrogens with zero attached hydrogens (tertiary/aromatic N) is 2. The molecule has 10 rings (SSSR count). The van der Waals surface area contributed by atoms with Gasteiger partial charge >= 0.3 is 0 Å². The smallest absolute Gasteiger partial charge is 0.262 e. The van der Waals surface area contributed by atoms with Crippen molar-refractivity contribution in [1.82, 2.24) is 9.80 Å². The number of benzene rings is 8. The van der Waals surface area contributed by atoms with Crippen molar-refractivity contribution < 1.29 is 43.0 Å². The molecule has 2 aliphatic heterocycles.